The van der Waals surface area contributed by atoms with Gasteiger partial charge in [0.2, 0.25) is 23.6 Å². The highest BCUT2D eigenvalue weighted by Crippen LogP contribution is 2.18. The van der Waals surface area contributed by atoms with E-state index >= 15 is 0 Å². The van der Waals surface area contributed by atoms with Crippen LogP contribution in [0.15, 0.2) is 5.10 Å². The fraction of sp³-hybridized carbons (Fsp3) is 0.839. The van der Waals surface area contributed by atoms with Crippen molar-refractivity contribution in [3.05, 3.63) is 0 Å². The average molecular weight is 629 g/mol. The molecule has 0 spiro atoms. The predicted octanol–water partition coefficient (Wildman–Crippen LogP) is 2.76. The summed E-state index contributed by atoms with van der Waals surface area (Å²) in [4.78, 5) is 51.7. The van der Waals surface area contributed by atoms with Crippen molar-refractivity contribution < 1.29 is 24.3 Å². The van der Waals surface area contributed by atoms with Crippen molar-refractivity contribution in [3.8, 4) is 0 Å². The van der Waals surface area contributed by atoms with Crippen LogP contribution >= 0.6 is 11.8 Å². The Morgan fingerprint density at radius 2 is 1.49 bits per heavy atom. The second kappa shape index (κ2) is 20.6. The van der Waals surface area contributed by atoms with E-state index in [4.69, 9.17) is 5.73 Å². The number of rotatable bonds is 21. The van der Waals surface area contributed by atoms with Gasteiger partial charge in [0.25, 0.3) is 0 Å². The van der Waals surface area contributed by atoms with Crippen LogP contribution in [0, 0.1) is 29.6 Å². The zero-order valence-electron chi connectivity index (χ0n) is 28.4. The summed E-state index contributed by atoms with van der Waals surface area (Å²) in [5, 5.41) is 26.2. The zero-order chi connectivity index (χ0) is 33.4. The highest BCUT2D eigenvalue weighted by molar-refractivity contribution is 7.98. The number of hydrogen-bond acceptors (Lipinski definition) is 8. The molecule has 0 aliphatic rings. The molecule has 0 unspecified atom stereocenters. The second-order valence-corrected chi connectivity index (χ2v) is 13.8. The van der Waals surface area contributed by atoms with Gasteiger partial charge >= 0.3 is 0 Å². The predicted molar refractivity (Wildman–Crippen MR) is 176 cm³/mol. The van der Waals surface area contributed by atoms with E-state index in [1.807, 2.05) is 59.7 Å². The van der Waals surface area contributed by atoms with E-state index in [-0.39, 0.29) is 47.8 Å². The minimum Gasteiger partial charge on any atom is -0.391 e. The number of amides is 4. The van der Waals surface area contributed by atoms with E-state index in [1.165, 1.54) is 0 Å². The number of carbonyl (C=O) groups excluding carboxylic acids is 4. The maximum absolute atomic E-state index is 13.6. The summed E-state index contributed by atoms with van der Waals surface area (Å²) < 4.78 is 0. The van der Waals surface area contributed by atoms with Crippen LogP contribution < -0.4 is 21.7 Å². The molecule has 6 N–H and O–H groups in total. The van der Waals surface area contributed by atoms with Crippen molar-refractivity contribution in [2.75, 3.05) is 25.1 Å². The first-order valence-corrected chi connectivity index (χ1v) is 17.0. The molecule has 0 saturated heterocycles. The van der Waals surface area contributed by atoms with Crippen LogP contribution in [-0.4, -0.2) is 88.8 Å². The van der Waals surface area contributed by atoms with Crippen LogP contribution in [0.3, 0.4) is 0 Å². The first-order chi connectivity index (χ1) is 19.9. The Labute approximate surface area is 264 Å². The molecule has 12 heteroatoms. The SMILES string of the molecule is CCN(C[C@H](C(=O)N[C@@H](CCSC)C(=O)N[C@@H](CC(C)C)[C@@H](O)C[C@@H](C)C(=O)N[C@H](C(N)=O)C(C)C)C(C)C)N=C(C)C. The summed E-state index contributed by atoms with van der Waals surface area (Å²) in [6.07, 6.45) is 1.91. The normalized spacial score (nSPS) is 15.7. The van der Waals surface area contributed by atoms with Crippen molar-refractivity contribution in [1.29, 1.82) is 0 Å². The van der Waals surface area contributed by atoms with Gasteiger partial charge in [-0.3, -0.25) is 24.2 Å². The Bertz CT molecular complexity index is 909. The number of primary amides is 1. The molecule has 0 aliphatic heterocycles. The quantitative estimate of drug-likeness (QED) is 0.0963. The molecule has 0 saturated carbocycles. The Kier molecular flexibility index (Phi) is 19.5. The molecule has 0 aliphatic carbocycles. The Balaban J connectivity index is 5.78. The molecule has 250 valence electrons. The van der Waals surface area contributed by atoms with Crippen LogP contribution in [0.4, 0.5) is 0 Å². The molecular formula is C31H60N6O5S. The maximum Gasteiger partial charge on any atom is 0.242 e. The lowest BCUT2D eigenvalue weighted by molar-refractivity contribution is -0.133. The first-order valence-electron chi connectivity index (χ1n) is 15.6. The summed E-state index contributed by atoms with van der Waals surface area (Å²) >= 11 is 1.58. The molecule has 0 aromatic rings. The van der Waals surface area contributed by atoms with Gasteiger partial charge < -0.3 is 26.8 Å². The van der Waals surface area contributed by atoms with Gasteiger partial charge in [-0.05, 0) is 69.8 Å². The lowest BCUT2D eigenvalue weighted by Crippen LogP contribution is -2.55. The molecule has 11 nitrogen and oxygen atoms in total. The largest absolute Gasteiger partial charge is 0.391 e. The van der Waals surface area contributed by atoms with Crippen LogP contribution in [0.25, 0.3) is 0 Å². The third-order valence-electron chi connectivity index (χ3n) is 7.33. The molecular weight excluding hydrogens is 568 g/mol. The highest BCUT2D eigenvalue weighted by Gasteiger charge is 2.33. The second-order valence-electron chi connectivity index (χ2n) is 12.8. The zero-order valence-corrected chi connectivity index (χ0v) is 29.2. The maximum atomic E-state index is 13.6. The molecule has 0 bridgehead atoms. The third kappa shape index (κ3) is 15.8. The molecule has 0 fully saturated rings. The number of nitrogens with two attached hydrogens (primary N) is 1. The van der Waals surface area contributed by atoms with E-state index in [9.17, 15) is 24.3 Å². The summed E-state index contributed by atoms with van der Waals surface area (Å²) in [6, 6.07) is -2.22. The topological polar surface area (TPSA) is 166 Å². The van der Waals surface area contributed by atoms with Crippen LogP contribution in [-0.2, 0) is 19.2 Å². The van der Waals surface area contributed by atoms with Gasteiger partial charge in [0, 0.05) is 24.7 Å². The monoisotopic (exact) mass is 628 g/mol. The Hall–Kier alpha value is -2.34. The van der Waals surface area contributed by atoms with E-state index in [1.54, 1.807) is 32.5 Å². The third-order valence-corrected chi connectivity index (χ3v) is 7.97. The van der Waals surface area contributed by atoms with E-state index < -0.39 is 36.1 Å². The fourth-order valence-corrected chi connectivity index (χ4v) is 5.20. The van der Waals surface area contributed by atoms with Crippen LogP contribution in [0.1, 0.15) is 88.5 Å². The number of nitrogens with one attached hydrogen (secondary N) is 3. The van der Waals surface area contributed by atoms with Gasteiger partial charge in [0.05, 0.1) is 18.1 Å². The summed E-state index contributed by atoms with van der Waals surface area (Å²) in [5.74, 6) is -1.92. The first kappa shape index (κ1) is 40.7. The number of carbonyl (C=O) groups is 4. The molecule has 43 heavy (non-hydrogen) atoms. The van der Waals surface area contributed by atoms with Gasteiger partial charge in [-0.25, -0.2) is 0 Å². The van der Waals surface area contributed by atoms with Crippen LogP contribution in [0.2, 0.25) is 0 Å². The number of nitrogens with zero attached hydrogens (tertiary/aromatic N) is 2. The number of hydrazone groups is 1. The number of hydrogen-bond donors (Lipinski definition) is 5. The molecule has 0 aromatic carbocycles. The van der Waals surface area contributed by atoms with E-state index in [2.05, 4.69) is 21.1 Å². The number of aliphatic hydroxyl groups excluding tert-OH is 1. The van der Waals surface area contributed by atoms with Crippen molar-refractivity contribution in [3.63, 3.8) is 0 Å². The minimum absolute atomic E-state index is 0.0266. The smallest absolute Gasteiger partial charge is 0.242 e. The summed E-state index contributed by atoms with van der Waals surface area (Å²) in [6.45, 7) is 20.1. The van der Waals surface area contributed by atoms with Gasteiger partial charge in [0.15, 0.2) is 0 Å². The van der Waals surface area contributed by atoms with Crippen LogP contribution in [0.5, 0.6) is 0 Å². The van der Waals surface area contributed by atoms with Crippen molar-refractivity contribution in [1.82, 2.24) is 21.0 Å². The van der Waals surface area contributed by atoms with Crippen molar-refractivity contribution >= 4 is 41.1 Å². The van der Waals surface area contributed by atoms with Gasteiger partial charge in [-0.2, -0.15) is 16.9 Å². The highest BCUT2D eigenvalue weighted by atomic mass is 32.2. The Morgan fingerprint density at radius 1 is 0.884 bits per heavy atom. The molecule has 4 amide bonds. The number of thioether (sulfide) groups is 1. The fourth-order valence-electron chi connectivity index (χ4n) is 4.73. The van der Waals surface area contributed by atoms with Crippen molar-refractivity contribution in [2.24, 2.45) is 40.4 Å². The Morgan fingerprint density at radius 3 is 1.93 bits per heavy atom. The molecule has 6 atom stereocenters. The van der Waals surface area contributed by atoms with Gasteiger partial charge in [-0.1, -0.05) is 48.5 Å². The van der Waals surface area contributed by atoms with E-state index in [0.717, 1.165) is 5.71 Å². The number of aliphatic hydroxyl groups is 1. The summed E-state index contributed by atoms with van der Waals surface area (Å²) in [5.41, 5.74) is 6.34. The lowest BCUT2D eigenvalue weighted by atomic mass is 9.91. The molecule has 0 rings (SSSR count). The minimum atomic E-state index is -1.02. The average Bonchev–Trinajstić information content (AvgIpc) is 2.89. The molecule has 0 radical (unpaired) electrons. The van der Waals surface area contributed by atoms with Crippen molar-refractivity contribution in [2.45, 2.75) is 113 Å². The standard InChI is InChI=1S/C31H60N6O5S/c1-12-37(36-21(8)9)17-23(19(4)5)30(41)33-24(13-14-43-11)31(42)34-25(15-18(2)3)26(38)16-22(10)29(40)35-27(20(6)7)28(32)39/h18-20,22-27,38H,12-17H2,1-11H3,(H2,32,39)(H,33,41)(H,34,42)(H,35,40)/t22-,23+,24+,25+,26+,27+/m1/s1. The van der Waals surface area contributed by atoms with Gasteiger partial charge in [-0.15, -0.1) is 0 Å². The summed E-state index contributed by atoms with van der Waals surface area (Å²) in [7, 11) is 0. The lowest BCUT2D eigenvalue weighted by Gasteiger charge is -2.31. The van der Waals surface area contributed by atoms with Gasteiger partial charge in [0.1, 0.15) is 12.1 Å². The molecule has 0 heterocycles. The van der Waals surface area contributed by atoms with E-state index in [0.29, 0.717) is 31.7 Å². The molecule has 0 aromatic heterocycles.